The lowest BCUT2D eigenvalue weighted by Gasteiger charge is -2.36. The van der Waals surface area contributed by atoms with Gasteiger partial charge in [-0.1, -0.05) is 51.0 Å². The summed E-state index contributed by atoms with van der Waals surface area (Å²) in [5, 5.41) is 5.54. The van der Waals surface area contributed by atoms with Crippen molar-refractivity contribution < 1.29 is 19.1 Å². The molecule has 0 aliphatic rings. The van der Waals surface area contributed by atoms with Crippen LogP contribution in [0.3, 0.4) is 0 Å². The van der Waals surface area contributed by atoms with Gasteiger partial charge in [0.1, 0.15) is 18.2 Å². The van der Waals surface area contributed by atoms with Crippen LogP contribution in [0.1, 0.15) is 84.4 Å². The third-order valence-electron chi connectivity index (χ3n) is 5.23. The molecule has 2 N–H and O–H groups in total. The number of carbonyl (C=O) groups is 3. The number of alkyl carbamates (subject to hydrolysis) is 1. The first-order chi connectivity index (χ1) is 15.0. The van der Waals surface area contributed by atoms with Crippen LogP contribution in [0.25, 0.3) is 0 Å². The minimum Gasteiger partial charge on any atom is -0.444 e. The van der Waals surface area contributed by atoms with E-state index < -0.39 is 17.7 Å². The molecular formula is C25H41N3O4. The Bertz CT molecular complexity index is 758. The summed E-state index contributed by atoms with van der Waals surface area (Å²) >= 11 is 0. The first-order valence-electron chi connectivity index (χ1n) is 11.6. The highest BCUT2D eigenvalue weighted by Gasteiger charge is 2.35. The van der Waals surface area contributed by atoms with Gasteiger partial charge in [-0.3, -0.25) is 9.59 Å². The summed E-state index contributed by atoms with van der Waals surface area (Å²) in [7, 11) is 0. The molecule has 1 rings (SSSR count). The molecular weight excluding hydrogens is 406 g/mol. The molecule has 0 fully saturated rings. The molecule has 3 amide bonds. The van der Waals surface area contributed by atoms with Gasteiger partial charge in [0.05, 0.1) is 0 Å². The van der Waals surface area contributed by atoms with E-state index in [0.717, 1.165) is 30.4 Å². The van der Waals surface area contributed by atoms with Gasteiger partial charge in [-0.2, -0.15) is 0 Å². The van der Waals surface area contributed by atoms with Crippen molar-refractivity contribution in [2.45, 2.75) is 91.8 Å². The molecule has 7 heteroatoms. The Morgan fingerprint density at radius 1 is 1.06 bits per heavy atom. The van der Waals surface area contributed by atoms with Crippen LogP contribution < -0.4 is 10.6 Å². The second kappa shape index (κ2) is 13.1. The molecule has 32 heavy (non-hydrogen) atoms. The molecule has 0 aromatic heterocycles. The first kappa shape index (κ1) is 27.5. The number of amides is 3. The van der Waals surface area contributed by atoms with Crippen LogP contribution in [-0.4, -0.2) is 47.5 Å². The molecule has 2 unspecified atom stereocenters. The predicted octanol–water partition coefficient (Wildman–Crippen LogP) is 4.49. The van der Waals surface area contributed by atoms with E-state index in [1.807, 2.05) is 45.0 Å². The van der Waals surface area contributed by atoms with Crippen molar-refractivity contribution in [3.8, 4) is 0 Å². The SMILES string of the molecule is CCCCCNC(=O)C(c1ccccc1C)N(C(=O)CNC(=O)OC(C)(C)C)C(C)CC. The van der Waals surface area contributed by atoms with Gasteiger partial charge in [-0.15, -0.1) is 0 Å². The second-order valence-corrected chi connectivity index (χ2v) is 9.17. The van der Waals surface area contributed by atoms with E-state index in [1.165, 1.54) is 0 Å². The van der Waals surface area contributed by atoms with E-state index in [-0.39, 0.29) is 24.4 Å². The molecule has 0 spiro atoms. The summed E-state index contributed by atoms with van der Waals surface area (Å²) in [6, 6.07) is 6.63. The number of hydrogen-bond acceptors (Lipinski definition) is 4. The maximum atomic E-state index is 13.3. The highest BCUT2D eigenvalue weighted by molar-refractivity contribution is 5.90. The van der Waals surface area contributed by atoms with E-state index in [0.29, 0.717) is 13.0 Å². The zero-order chi connectivity index (χ0) is 24.3. The lowest BCUT2D eigenvalue weighted by atomic mass is 9.97. The van der Waals surface area contributed by atoms with E-state index in [2.05, 4.69) is 17.6 Å². The van der Waals surface area contributed by atoms with Gasteiger partial charge in [-0.25, -0.2) is 4.79 Å². The van der Waals surface area contributed by atoms with Crippen molar-refractivity contribution in [2.24, 2.45) is 0 Å². The maximum absolute atomic E-state index is 13.3. The number of rotatable bonds is 11. The fourth-order valence-corrected chi connectivity index (χ4v) is 3.39. The van der Waals surface area contributed by atoms with Crippen molar-refractivity contribution in [3.05, 3.63) is 35.4 Å². The predicted molar refractivity (Wildman–Crippen MR) is 127 cm³/mol. The van der Waals surface area contributed by atoms with E-state index in [9.17, 15) is 14.4 Å². The number of ether oxygens (including phenoxy) is 1. The molecule has 0 aliphatic heterocycles. The average Bonchev–Trinajstić information content (AvgIpc) is 2.72. The second-order valence-electron chi connectivity index (χ2n) is 9.17. The normalized spacial score (nSPS) is 13.1. The van der Waals surface area contributed by atoms with Crippen molar-refractivity contribution >= 4 is 17.9 Å². The van der Waals surface area contributed by atoms with Crippen LogP contribution in [0.15, 0.2) is 24.3 Å². The van der Waals surface area contributed by atoms with E-state index >= 15 is 0 Å². The van der Waals surface area contributed by atoms with Crippen LogP contribution in [0.2, 0.25) is 0 Å². The number of unbranched alkanes of at least 4 members (excludes halogenated alkanes) is 2. The van der Waals surface area contributed by atoms with Gasteiger partial charge in [0, 0.05) is 12.6 Å². The highest BCUT2D eigenvalue weighted by Crippen LogP contribution is 2.27. The molecule has 2 atom stereocenters. The van der Waals surface area contributed by atoms with Crippen LogP contribution in [0.4, 0.5) is 4.79 Å². The number of nitrogens with one attached hydrogen (secondary N) is 2. The van der Waals surface area contributed by atoms with E-state index in [4.69, 9.17) is 4.74 Å². The van der Waals surface area contributed by atoms with E-state index in [1.54, 1.807) is 25.7 Å². The van der Waals surface area contributed by atoms with Crippen LogP contribution in [0, 0.1) is 6.92 Å². The fraction of sp³-hybridized carbons (Fsp3) is 0.640. The summed E-state index contributed by atoms with van der Waals surface area (Å²) < 4.78 is 5.24. The highest BCUT2D eigenvalue weighted by atomic mass is 16.6. The standard InChI is InChI=1S/C25H41N3O4/c1-8-10-13-16-26-23(30)22(20-15-12-11-14-18(20)3)28(19(4)9-2)21(29)17-27-24(31)32-25(5,6)7/h11-12,14-15,19,22H,8-10,13,16-17H2,1-7H3,(H,26,30)(H,27,31). The number of carbonyl (C=O) groups excluding carboxylic acids is 3. The lowest BCUT2D eigenvalue weighted by molar-refractivity contribution is -0.142. The topological polar surface area (TPSA) is 87.7 Å². The maximum Gasteiger partial charge on any atom is 0.408 e. The molecule has 0 heterocycles. The molecule has 180 valence electrons. The summed E-state index contributed by atoms with van der Waals surface area (Å²) in [6.07, 6.45) is 2.99. The van der Waals surface area contributed by atoms with Gasteiger partial charge < -0.3 is 20.3 Å². The van der Waals surface area contributed by atoms with Gasteiger partial charge in [0.2, 0.25) is 11.8 Å². The van der Waals surface area contributed by atoms with Crippen molar-refractivity contribution in [1.29, 1.82) is 0 Å². The third-order valence-corrected chi connectivity index (χ3v) is 5.23. The smallest absolute Gasteiger partial charge is 0.408 e. The molecule has 0 radical (unpaired) electrons. The zero-order valence-electron chi connectivity index (χ0n) is 20.8. The Labute approximate surface area is 193 Å². The fourth-order valence-electron chi connectivity index (χ4n) is 3.39. The molecule has 0 aliphatic carbocycles. The Morgan fingerprint density at radius 2 is 1.72 bits per heavy atom. The largest absolute Gasteiger partial charge is 0.444 e. The average molecular weight is 448 g/mol. The number of nitrogens with zero attached hydrogens (tertiary/aromatic N) is 1. The number of aryl methyl sites for hydroxylation is 1. The molecule has 0 bridgehead atoms. The zero-order valence-corrected chi connectivity index (χ0v) is 20.8. The van der Waals surface area contributed by atoms with Crippen molar-refractivity contribution in [1.82, 2.24) is 15.5 Å². The van der Waals surface area contributed by atoms with Crippen LogP contribution in [-0.2, 0) is 14.3 Å². The van der Waals surface area contributed by atoms with Crippen molar-refractivity contribution in [3.63, 3.8) is 0 Å². The van der Waals surface area contributed by atoms with Gasteiger partial charge in [0.25, 0.3) is 0 Å². The Hall–Kier alpha value is -2.57. The number of benzene rings is 1. The molecule has 0 saturated heterocycles. The summed E-state index contributed by atoms with van der Waals surface area (Å²) in [4.78, 5) is 40.3. The Balaban J connectivity index is 3.17. The number of hydrogen-bond donors (Lipinski definition) is 2. The molecule has 7 nitrogen and oxygen atoms in total. The van der Waals surface area contributed by atoms with Crippen LogP contribution in [0.5, 0.6) is 0 Å². The lowest BCUT2D eigenvalue weighted by Crippen LogP contribution is -2.51. The van der Waals surface area contributed by atoms with Crippen LogP contribution >= 0.6 is 0 Å². The first-order valence-corrected chi connectivity index (χ1v) is 11.6. The minimum atomic E-state index is -0.777. The quantitative estimate of drug-likeness (QED) is 0.489. The van der Waals surface area contributed by atoms with Gasteiger partial charge >= 0.3 is 6.09 Å². The monoisotopic (exact) mass is 447 g/mol. The third kappa shape index (κ3) is 8.89. The molecule has 0 saturated carbocycles. The Kier molecular flexibility index (Phi) is 11.2. The molecule has 1 aromatic rings. The van der Waals surface area contributed by atoms with Gasteiger partial charge in [0.15, 0.2) is 0 Å². The summed E-state index contributed by atoms with van der Waals surface area (Å²) in [5.74, 6) is -0.538. The summed E-state index contributed by atoms with van der Waals surface area (Å²) in [6.45, 7) is 13.5. The molecule has 1 aromatic carbocycles. The minimum absolute atomic E-state index is 0.200. The van der Waals surface area contributed by atoms with Gasteiger partial charge in [-0.05, 0) is 58.6 Å². The summed E-state index contributed by atoms with van der Waals surface area (Å²) in [5.41, 5.74) is 1.06. The Morgan fingerprint density at radius 3 is 2.28 bits per heavy atom. The van der Waals surface area contributed by atoms with Crippen molar-refractivity contribution in [2.75, 3.05) is 13.1 Å².